The molecule has 1 fully saturated rings. The van der Waals surface area contributed by atoms with Gasteiger partial charge in [-0.25, -0.2) is 4.98 Å². The summed E-state index contributed by atoms with van der Waals surface area (Å²) >= 11 is 0. The molecule has 1 amide bonds. The number of anilines is 1. The van der Waals surface area contributed by atoms with Crippen LogP contribution < -0.4 is 10.5 Å². The second-order valence-corrected chi connectivity index (χ2v) is 8.34. The van der Waals surface area contributed by atoms with Crippen molar-refractivity contribution in [3.05, 3.63) is 53.7 Å². The van der Waals surface area contributed by atoms with E-state index in [1.807, 2.05) is 11.0 Å². The number of hydrogen-bond donors (Lipinski definition) is 1. The molecular formula is C24H32N4O2. The number of benzene rings is 1. The number of nitrogen functional groups attached to an aromatic ring is 1. The average molecular weight is 409 g/mol. The molecule has 2 bridgehead atoms. The first kappa shape index (κ1) is 20.7. The maximum atomic E-state index is 13.1. The molecule has 2 aliphatic heterocycles. The lowest BCUT2D eigenvalue weighted by Gasteiger charge is -2.37. The molecule has 6 nitrogen and oxygen atoms in total. The Kier molecular flexibility index (Phi) is 6.84. The van der Waals surface area contributed by atoms with Crippen LogP contribution >= 0.6 is 0 Å². The molecule has 4 rings (SSSR count). The van der Waals surface area contributed by atoms with Gasteiger partial charge in [0.25, 0.3) is 5.91 Å². The highest BCUT2D eigenvalue weighted by atomic mass is 16.5. The lowest BCUT2D eigenvalue weighted by Crippen LogP contribution is -2.45. The topological polar surface area (TPSA) is 71.7 Å². The van der Waals surface area contributed by atoms with Crippen LogP contribution in [0, 0.1) is 0 Å². The number of piperidine rings is 1. The molecule has 1 saturated heterocycles. The first-order valence-corrected chi connectivity index (χ1v) is 11.2. The lowest BCUT2D eigenvalue weighted by molar-refractivity contribution is 0.0682. The number of hydrogen-bond acceptors (Lipinski definition) is 5. The van der Waals surface area contributed by atoms with Gasteiger partial charge in [-0.1, -0.05) is 18.6 Å². The Bertz CT molecular complexity index is 839. The number of pyridine rings is 1. The fraction of sp³-hybridized carbons (Fsp3) is 0.500. The monoisotopic (exact) mass is 408 g/mol. The number of ether oxygens (including phenoxy) is 1. The zero-order valence-electron chi connectivity index (χ0n) is 17.6. The predicted molar refractivity (Wildman–Crippen MR) is 119 cm³/mol. The van der Waals surface area contributed by atoms with Gasteiger partial charge in [-0.15, -0.1) is 0 Å². The largest absolute Gasteiger partial charge is 0.494 e. The molecule has 1 atom stereocenters. The van der Waals surface area contributed by atoms with Gasteiger partial charge in [0, 0.05) is 31.9 Å². The molecule has 0 aliphatic carbocycles. The molecule has 6 heteroatoms. The Morgan fingerprint density at radius 2 is 1.97 bits per heavy atom. The molecular weight excluding hydrogens is 376 g/mol. The van der Waals surface area contributed by atoms with Crippen molar-refractivity contribution in [3.63, 3.8) is 0 Å². The molecule has 0 saturated carbocycles. The zero-order chi connectivity index (χ0) is 20.8. The number of amides is 1. The van der Waals surface area contributed by atoms with E-state index >= 15 is 0 Å². The van der Waals surface area contributed by atoms with Crippen LogP contribution in [0.15, 0.2) is 42.6 Å². The molecule has 160 valence electrons. The van der Waals surface area contributed by atoms with E-state index < -0.39 is 0 Å². The Hall–Kier alpha value is -2.60. The fourth-order valence-corrected chi connectivity index (χ4v) is 4.53. The number of carbonyl (C=O) groups excluding carboxylic acids is 1. The van der Waals surface area contributed by atoms with Crippen LogP contribution in [0.5, 0.6) is 5.75 Å². The van der Waals surface area contributed by atoms with Crippen molar-refractivity contribution in [1.29, 1.82) is 0 Å². The van der Waals surface area contributed by atoms with Gasteiger partial charge in [-0.3, -0.25) is 9.69 Å². The third-order valence-electron chi connectivity index (χ3n) is 6.23. The number of carbonyl (C=O) groups is 1. The summed E-state index contributed by atoms with van der Waals surface area (Å²) in [6.07, 6.45) is 8.37. The SMILES string of the molecule is Nc1ccc(C(=O)N2CCCOc3cccc(c3)CCC3CCCCN3CC2)cn1. The Balaban J connectivity index is 1.51. The number of aromatic nitrogens is 1. The van der Waals surface area contributed by atoms with Gasteiger partial charge < -0.3 is 15.4 Å². The fourth-order valence-electron chi connectivity index (χ4n) is 4.53. The van der Waals surface area contributed by atoms with Gasteiger partial charge in [0.05, 0.1) is 12.2 Å². The summed E-state index contributed by atoms with van der Waals surface area (Å²) in [7, 11) is 0. The summed E-state index contributed by atoms with van der Waals surface area (Å²) in [6, 6.07) is 12.5. The molecule has 1 unspecified atom stereocenters. The maximum absolute atomic E-state index is 13.1. The molecule has 2 aromatic rings. The van der Waals surface area contributed by atoms with Crippen molar-refractivity contribution >= 4 is 11.7 Å². The highest BCUT2D eigenvalue weighted by molar-refractivity contribution is 5.94. The maximum Gasteiger partial charge on any atom is 0.255 e. The van der Waals surface area contributed by atoms with E-state index in [0.717, 1.165) is 44.6 Å². The van der Waals surface area contributed by atoms with E-state index in [1.165, 1.54) is 24.8 Å². The summed E-state index contributed by atoms with van der Waals surface area (Å²) < 4.78 is 5.97. The molecule has 30 heavy (non-hydrogen) atoms. The van der Waals surface area contributed by atoms with Gasteiger partial charge in [0.15, 0.2) is 0 Å². The van der Waals surface area contributed by atoms with Crippen LogP contribution in [-0.2, 0) is 6.42 Å². The molecule has 0 radical (unpaired) electrons. The van der Waals surface area contributed by atoms with Crippen molar-refractivity contribution in [2.75, 3.05) is 38.5 Å². The number of fused-ring (bicyclic) bond motifs is 3. The molecule has 1 aromatic carbocycles. The normalized spacial score (nSPS) is 21.2. The summed E-state index contributed by atoms with van der Waals surface area (Å²) in [5, 5.41) is 0. The Morgan fingerprint density at radius 3 is 2.83 bits per heavy atom. The van der Waals surface area contributed by atoms with Crippen molar-refractivity contribution in [1.82, 2.24) is 14.8 Å². The van der Waals surface area contributed by atoms with E-state index in [0.29, 0.717) is 30.6 Å². The zero-order valence-corrected chi connectivity index (χ0v) is 17.6. The van der Waals surface area contributed by atoms with E-state index in [1.54, 1.807) is 18.3 Å². The first-order valence-electron chi connectivity index (χ1n) is 11.2. The number of rotatable bonds is 1. The van der Waals surface area contributed by atoms with Crippen molar-refractivity contribution in [3.8, 4) is 5.75 Å². The summed E-state index contributed by atoms with van der Waals surface area (Å²) in [5.74, 6) is 1.37. The Labute approximate surface area is 179 Å². The Morgan fingerprint density at radius 1 is 1.03 bits per heavy atom. The van der Waals surface area contributed by atoms with E-state index in [4.69, 9.17) is 10.5 Å². The predicted octanol–water partition coefficient (Wildman–Crippen LogP) is 3.38. The number of aryl methyl sites for hydroxylation is 1. The lowest BCUT2D eigenvalue weighted by atomic mass is 9.95. The number of nitrogens with two attached hydrogens (primary N) is 1. The molecule has 3 heterocycles. The minimum Gasteiger partial charge on any atom is -0.494 e. The molecule has 1 aromatic heterocycles. The summed E-state index contributed by atoms with van der Waals surface area (Å²) in [4.78, 5) is 21.8. The quantitative estimate of drug-likeness (QED) is 0.783. The standard InChI is InChI=1S/C24H32N4O2/c25-23-11-9-20(18-26-23)24(29)28-13-4-16-30-22-7-3-5-19(17-22)8-10-21-6-1-2-12-27(21)14-15-28/h3,5,7,9,11,17-18,21H,1-2,4,6,8,10,12-16H2,(H2,25,26). The minimum absolute atomic E-state index is 0.0187. The van der Waals surface area contributed by atoms with Crippen LogP contribution in [0.2, 0.25) is 0 Å². The van der Waals surface area contributed by atoms with Gasteiger partial charge in [-0.05, 0) is 68.5 Å². The second-order valence-electron chi connectivity index (χ2n) is 8.34. The van der Waals surface area contributed by atoms with E-state index in [2.05, 4.69) is 28.1 Å². The first-order chi connectivity index (χ1) is 14.7. The third-order valence-corrected chi connectivity index (χ3v) is 6.23. The molecule has 2 aliphatic rings. The van der Waals surface area contributed by atoms with Gasteiger partial charge in [0.2, 0.25) is 0 Å². The third kappa shape index (κ3) is 5.30. The van der Waals surface area contributed by atoms with Gasteiger partial charge >= 0.3 is 0 Å². The van der Waals surface area contributed by atoms with Crippen LogP contribution in [0.25, 0.3) is 0 Å². The van der Waals surface area contributed by atoms with Crippen LogP contribution in [0.1, 0.15) is 48.0 Å². The van der Waals surface area contributed by atoms with Crippen LogP contribution in [0.4, 0.5) is 5.82 Å². The van der Waals surface area contributed by atoms with E-state index in [-0.39, 0.29) is 5.91 Å². The van der Waals surface area contributed by atoms with Crippen molar-refractivity contribution < 1.29 is 9.53 Å². The van der Waals surface area contributed by atoms with Gasteiger partial charge in [-0.2, -0.15) is 0 Å². The van der Waals surface area contributed by atoms with Crippen molar-refractivity contribution in [2.45, 2.75) is 44.6 Å². The number of nitrogens with zero attached hydrogens (tertiary/aromatic N) is 3. The second kappa shape index (κ2) is 9.94. The highest BCUT2D eigenvalue weighted by Crippen LogP contribution is 2.23. The summed E-state index contributed by atoms with van der Waals surface area (Å²) in [5.41, 5.74) is 7.63. The van der Waals surface area contributed by atoms with Gasteiger partial charge in [0.1, 0.15) is 11.6 Å². The van der Waals surface area contributed by atoms with Crippen LogP contribution in [-0.4, -0.2) is 59.5 Å². The minimum atomic E-state index is 0.0187. The highest BCUT2D eigenvalue weighted by Gasteiger charge is 2.24. The molecule has 2 N–H and O–H groups in total. The average Bonchev–Trinajstić information content (AvgIpc) is 2.78. The van der Waals surface area contributed by atoms with Crippen LogP contribution in [0.3, 0.4) is 0 Å². The van der Waals surface area contributed by atoms with Crippen molar-refractivity contribution in [2.24, 2.45) is 0 Å². The summed E-state index contributed by atoms with van der Waals surface area (Å²) in [6.45, 7) is 4.03. The molecule has 0 spiro atoms. The smallest absolute Gasteiger partial charge is 0.255 e. The van der Waals surface area contributed by atoms with E-state index in [9.17, 15) is 4.79 Å².